The molecule has 0 fully saturated rings. The van der Waals surface area contributed by atoms with Crippen molar-refractivity contribution in [3.63, 3.8) is 0 Å². The monoisotopic (exact) mass is 688 g/mol. The van der Waals surface area contributed by atoms with Crippen LogP contribution in [0.25, 0.3) is 16.5 Å². The van der Waals surface area contributed by atoms with Gasteiger partial charge in [-0.05, 0) is 52.6 Å². The Balaban J connectivity index is 0.00000336. The normalized spacial score (nSPS) is 16.9. The van der Waals surface area contributed by atoms with E-state index >= 15 is 0 Å². The van der Waals surface area contributed by atoms with Gasteiger partial charge in [-0.2, -0.15) is 0 Å². The minimum Gasteiger partial charge on any atom is -0.342 e. The second kappa shape index (κ2) is 8.91. The predicted octanol–water partition coefficient (Wildman–Crippen LogP) is 4.98. The van der Waals surface area contributed by atoms with Gasteiger partial charge in [-0.3, -0.25) is 25.0 Å². The summed E-state index contributed by atoms with van der Waals surface area (Å²) >= 11 is 0. The number of hydrogen-bond acceptors (Lipinski definition) is 6. The molecule has 0 amide bonds. The van der Waals surface area contributed by atoms with Crippen LogP contribution in [0.3, 0.4) is 0 Å². The summed E-state index contributed by atoms with van der Waals surface area (Å²) in [6, 6.07) is 0. The molecule has 0 saturated heterocycles. The summed E-state index contributed by atoms with van der Waals surface area (Å²) in [5.74, 6) is 1.36. The van der Waals surface area contributed by atoms with Crippen molar-refractivity contribution in [3.05, 3.63) is 76.8 Å². The van der Waals surface area contributed by atoms with Crippen molar-refractivity contribution in [1.82, 2.24) is 39.5 Å². The summed E-state index contributed by atoms with van der Waals surface area (Å²) in [7, 11) is 0. The molecule has 0 aliphatic carbocycles. The number of fused-ring (bicyclic) bond motifs is 10. The topological polar surface area (TPSA) is 91.6 Å². The van der Waals surface area contributed by atoms with Crippen molar-refractivity contribution >= 4 is 5.82 Å². The van der Waals surface area contributed by atoms with Crippen molar-refractivity contribution in [2.45, 2.75) is 84.0 Å². The van der Waals surface area contributed by atoms with E-state index in [4.69, 9.17) is 21.6 Å². The van der Waals surface area contributed by atoms with E-state index in [2.05, 4.69) is 80.8 Å². The van der Waals surface area contributed by atoms with Crippen molar-refractivity contribution in [3.8, 4) is 11.6 Å². The minimum absolute atomic E-state index is 0. The Bertz CT molecular complexity index is 1560. The maximum Gasteiger partial charge on any atom is 2.00 e. The Labute approximate surface area is 238 Å². The zero-order valence-corrected chi connectivity index (χ0v) is 25.4. The molecule has 1 aliphatic heterocycles. The first-order valence-corrected chi connectivity index (χ1v) is 12.3. The average Bonchev–Trinajstić information content (AvgIpc) is 3.49. The van der Waals surface area contributed by atoms with E-state index in [1.807, 2.05) is 13.8 Å². The van der Waals surface area contributed by atoms with Gasteiger partial charge in [-0.25, -0.2) is 4.68 Å². The fourth-order valence-corrected chi connectivity index (χ4v) is 4.61. The third kappa shape index (κ3) is 4.10. The van der Waals surface area contributed by atoms with E-state index in [9.17, 15) is 0 Å². The molecule has 0 aromatic carbocycles. The Morgan fingerprint density at radius 1 is 0.763 bits per heavy atom. The maximum atomic E-state index is 7.89. The van der Waals surface area contributed by atoms with E-state index < -0.39 is 16.2 Å². The van der Waals surface area contributed by atoms with E-state index in [0.717, 1.165) is 17.0 Å². The van der Waals surface area contributed by atoms with Crippen molar-refractivity contribution in [2.24, 2.45) is 0 Å². The summed E-state index contributed by atoms with van der Waals surface area (Å²) in [6.45, 7) is 26.9. The van der Waals surface area contributed by atoms with Gasteiger partial charge in [0, 0.05) is 30.2 Å². The first kappa shape index (κ1) is 27.8. The van der Waals surface area contributed by atoms with Gasteiger partial charge in [-0.1, -0.05) is 61.2 Å². The summed E-state index contributed by atoms with van der Waals surface area (Å²) in [5, 5.41) is 9.58. The van der Waals surface area contributed by atoms with Crippen molar-refractivity contribution in [1.29, 1.82) is 0 Å². The van der Waals surface area contributed by atoms with E-state index in [-0.39, 0.29) is 32.3 Å². The van der Waals surface area contributed by atoms with Crippen molar-refractivity contribution < 1.29 is 21.1 Å². The van der Waals surface area contributed by atoms with Gasteiger partial charge in [0.15, 0.2) is 0 Å². The zero-order valence-electron chi connectivity index (χ0n) is 23.2. The molecule has 5 heterocycles. The predicted molar refractivity (Wildman–Crippen MR) is 139 cm³/mol. The summed E-state index contributed by atoms with van der Waals surface area (Å²) in [6.07, 6.45) is 13.7. The van der Waals surface area contributed by atoms with Crippen LogP contribution in [0.5, 0.6) is 0 Å². The van der Waals surface area contributed by atoms with Crippen molar-refractivity contribution in [2.75, 3.05) is 0 Å². The van der Waals surface area contributed by atoms with Crippen LogP contribution in [0.1, 0.15) is 90.5 Å². The molecule has 0 atom stereocenters. The second-order valence-corrected chi connectivity index (χ2v) is 12.2. The molecule has 5 rings (SSSR count). The first-order valence-electron chi connectivity index (χ1n) is 12.3. The number of nitrogens with zero attached hydrogens (tertiary/aromatic N) is 9. The van der Waals surface area contributed by atoms with Gasteiger partial charge < -0.3 is 9.53 Å². The van der Waals surface area contributed by atoms with Crippen LogP contribution >= 0.6 is 0 Å². The molecule has 0 saturated carbocycles. The van der Waals surface area contributed by atoms with Gasteiger partial charge in [0.1, 0.15) is 0 Å². The van der Waals surface area contributed by atoms with Crippen LogP contribution in [0.4, 0.5) is 5.82 Å². The fraction of sp³-hybridized carbons (Fsp3) is 0.464. The van der Waals surface area contributed by atoms with Crippen LogP contribution < -0.4 is 0 Å². The molecule has 10 heteroatoms. The molecule has 8 bridgehead atoms. The SMILES string of the molecule is [C-]#[N+]c1nn2[c-]c1C(C)(C)C(C)(C)c1[c-]n(nc1C(C)(C)C)-c1cncc(n1)C(C)(C)c1cncc-2n1.[Pt+2]. The van der Waals surface area contributed by atoms with E-state index in [1.165, 1.54) is 4.68 Å². The van der Waals surface area contributed by atoms with Crippen LogP contribution in [0.2, 0.25) is 0 Å². The molecule has 38 heavy (non-hydrogen) atoms. The quantitative estimate of drug-likeness (QED) is 0.242. The van der Waals surface area contributed by atoms with Crippen LogP contribution in [0, 0.1) is 19.0 Å². The van der Waals surface area contributed by atoms with Crippen LogP contribution in [-0.4, -0.2) is 39.5 Å². The third-order valence-corrected chi connectivity index (χ3v) is 7.88. The molecule has 9 nitrogen and oxygen atoms in total. The van der Waals surface area contributed by atoms with E-state index in [0.29, 0.717) is 22.9 Å². The Morgan fingerprint density at radius 2 is 1.24 bits per heavy atom. The summed E-state index contributed by atoms with van der Waals surface area (Å²) in [5.41, 5.74) is 2.01. The standard InChI is InChI=1S/C28H31N9.Pt/c1-25(2,3)23-17-15-36(34-23)21-13-30-11-19(32-21)26(4,5)20-12-31-14-22(33-20)37-16-18(24(29-10)35-37)28(8,9)27(17,6)7;/h11-14H,1-9H3;/q-2;+2. The largest absolute Gasteiger partial charge is 2.00 e. The van der Waals surface area contributed by atoms with Gasteiger partial charge in [0.25, 0.3) is 0 Å². The average molecular weight is 689 g/mol. The molecule has 1 aliphatic rings. The Hall–Kier alpha value is -3.24. The maximum absolute atomic E-state index is 7.89. The smallest absolute Gasteiger partial charge is 0.342 e. The van der Waals surface area contributed by atoms with Crippen LogP contribution in [-0.2, 0) is 42.7 Å². The Kier molecular flexibility index (Phi) is 6.52. The third-order valence-electron chi connectivity index (χ3n) is 7.88. The molecule has 0 spiro atoms. The molecular weight excluding hydrogens is 657 g/mol. The summed E-state index contributed by atoms with van der Waals surface area (Å²) < 4.78 is 3.23. The molecule has 0 radical (unpaired) electrons. The number of hydrogen-bond donors (Lipinski definition) is 0. The minimum atomic E-state index is -0.619. The van der Waals surface area contributed by atoms with Gasteiger partial charge in [0.2, 0.25) is 0 Å². The first-order chi connectivity index (χ1) is 17.2. The fourth-order valence-electron chi connectivity index (χ4n) is 4.61. The molecule has 0 N–H and O–H groups in total. The molecule has 4 aromatic heterocycles. The number of rotatable bonds is 0. The van der Waals surface area contributed by atoms with E-state index in [1.54, 1.807) is 29.5 Å². The molecule has 0 unspecified atom stereocenters. The van der Waals surface area contributed by atoms with Crippen LogP contribution in [0.15, 0.2) is 24.8 Å². The molecular formula is C28H31N9Pt. The second-order valence-electron chi connectivity index (χ2n) is 12.2. The Morgan fingerprint density at radius 3 is 1.74 bits per heavy atom. The van der Waals surface area contributed by atoms with Gasteiger partial charge in [0.05, 0.1) is 23.0 Å². The van der Waals surface area contributed by atoms with Gasteiger partial charge >= 0.3 is 26.9 Å². The summed E-state index contributed by atoms with van der Waals surface area (Å²) in [4.78, 5) is 22.5. The number of aromatic nitrogens is 8. The zero-order chi connectivity index (χ0) is 27.0. The molecule has 198 valence electrons. The molecule has 4 aromatic rings. The van der Waals surface area contributed by atoms with Gasteiger partial charge in [-0.15, -0.1) is 5.56 Å².